The predicted octanol–water partition coefficient (Wildman–Crippen LogP) is 2.10. The van der Waals surface area contributed by atoms with E-state index in [0.717, 1.165) is 18.5 Å². The SMILES string of the molecule is CCC1CCCN1CCC(N)(CO)c1ccccc1. The third-order valence-corrected chi connectivity index (χ3v) is 4.45. The average Bonchev–Trinajstić information content (AvgIpc) is 2.93. The lowest BCUT2D eigenvalue weighted by atomic mass is 9.88. The van der Waals surface area contributed by atoms with Crippen molar-refractivity contribution in [2.45, 2.75) is 44.2 Å². The lowest BCUT2D eigenvalue weighted by Crippen LogP contribution is -2.44. The van der Waals surface area contributed by atoms with Gasteiger partial charge in [0, 0.05) is 12.6 Å². The molecule has 0 spiro atoms. The molecular weight excluding hydrogens is 236 g/mol. The van der Waals surface area contributed by atoms with Crippen LogP contribution < -0.4 is 5.73 Å². The molecule has 0 aromatic heterocycles. The van der Waals surface area contributed by atoms with Gasteiger partial charge >= 0.3 is 0 Å². The van der Waals surface area contributed by atoms with Crippen LogP contribution in [0.1, 0.15) is 38.2 Å². The Morgan fingerprint density at radius 2 is 2.11 bits per heavy atom. The molecule has 1 fully saturated rings. The van der Waals surface area contributed by atoms with Crippen LogP contribution in [0.2, 0.25) is 0 Å². The summed E-state index contributed by atoms with van der Waals surface area (Å²) in [5.41, 5.74) is 6.83. The van der Waals surface area contributed by atoms with Crippen LogP contribution in [0.4, 0.5) is 0 Å². The van der Waals surface area contributed by atoms with Gasteiger partial charge < -0.3 is 15.7 Å². The number of benzene rings is 1. The highest BCUT2D eigenvalue weighted by molar-refractivity contribution is 5.24. The minimum absolute atomic E-state index is 0.00163. The van der Waals surface area contributed by atoms with Gasteiger partial charge in [0.1, 0.15) is 0 Å². The van der Waals surface area contributed by atoms with Crippen molar-refractivity contribution < 1.29 is 5.11 Å². The van der Waals surface area contributed by atoms with Gasteiger partial charge in [-0.2, -0.15) is 0 Å². The summed E-state index contributed by atoms with van der Waals surface area (Å²) in [5.74, 6) is 0. The Morgan fingerprint density at radius 1 is 1.37 bits per heavy atom. The van der Waals surface area contributed by atoms with E-state index in [1.54, 1.807) is 0 Å². The molecule has 2 atom stereocenters. The Morgan fingerprint density at radius 3 is 2.74 bits per heavy atom. The van der Waals surface area contributed by atoms with Crippen LogP contribution in [0.25, 0.3) is 0 Å². The van der Waals surface area contributed by atoms with Crippen molar-refractivity contribution in [2.75, 3.05) is 19.7 Å². The fourth-order valence-electron chi connectivity index (χ4n) is 3.08. The lowest BCUT2D eigenvalue weighted by molar-refractivity contribution is 0.157. The van der Waals surface area contributed by atoms with Gasteiger partial charge in [0.15, 0.2) is 0 Å². The van der Waals surface area contributed by atoms with Gasteiger partial charge in [0.2, 0.25) is 0 Å². The molecule has 106 valence electrons. The van der Waals surface area contributed by atoms with E-state index < -0.39 is 5.54 Å². The van der Waals surface area contributed by atoms with Crippen molar-refractivity contribution in [1.29, 1.82) is 0 Å². The van der Waals surface area contributed by atoms with Crippen LogP contribution in [-0.2, 0) is 5.54 Å². The van der Waals surface area contributed by atoms with Crippen molar-refractivity contribution in [2.24, 2.45) is 5.73 Å². The third-order valence-electron chi connectivity index (χ3n) is 4.45. The zero-order valence-electron chi connectivity index (χ0n) is 11.9. The van der Waals surface area contributed by atoms with E-state index in [9.17, 15) is 5.11 Å². The maximum atomic E-state index is 9.69. The maximum Gasteiger partial charge on any atom is 0.0656 e. The van der Waals surface area contributed by atoms with E-state index in [2.05, 4.69) is 11.8 Å². The Bertz CT molecular complexity index is 382. The van der Waals surface area contributed by atoms with Crippen molar-refractivity contribution in [3.63, 3.8) is 0 Å². The van der Waals surface area contributed by atoms with Crippen LogP contribution in [0.3, 0.4) is 0 Å². The highest BCUT2D eigenvalue weighted by Crippen LogP contribution is 2.25. The Kier molecular flexibility index (Phi) is 4.97. The highest BCUT2D eigenvalue weighted by Gasteiger charge is 2.29. The van der Waals surface area contributed by atoms with Gasteiger partial charge in [0.05, 0.1) is 12.1 Å². The molecule has 0 radical (unpaired) electrons. The number of hydrogen-bond donors (Lipinski definition) is 2. The summed E-state index contributed by atoms with van der Waals surface area (Å²) in [4.78, 5) is 2.53. The molecule has 0 bridgehead atoms. The van der Waals surface area contributed by atoms with Crippen LogP contribution in [-0.4, -0.2) is 35.7 Å². The molecule has 1 aliphatic rings. The van der Waals surface area contributed by atoms with Gasteiger partial charge in [-0.25, -0.2) is 0 Å². The number of rotatable bonds is 6. The molecule has 1 aliphatic heterocycles. The fourth-order valence-corrected chi connectivity index (χ4v) is 3.08. The monoisotopic (exact) mass is 262 g/mol. The molecule has 19 heavy (non-hydrogen) atoms. The van der Waals surface area contributed by atoms with E-state index in [1.165, 1.54) is 25.8 Å². The number of hydrogen-bond acceptors (Lipinski definition) is 3. The summed E-state index contributed by atoms with van der Waals surface area (Å²) in [6.07, 6.45) is 4.62. The summed E-state index contributed by atoms with van der Waals surface area (Å²) in [7, 11) is 0. The minimum Gasteiger partial charge on any atom is -0.394 e. The van der Waals surface area contributed by atoms with Gasteiger partial charge in [-0.3, -0.25) is 0 Å². The molecule has 2 rings (SSSR count). The normalized spacial score (nSPS) is 23.4. The molecule has 1 aromatic rings. The zero-order valence-corrected chi connectivity index (χ0v) is 11.9. The first kappa shape index (κ1) is 14.5. The van der Waals surface area contributed by atoms with E-state index in [4.69, 9.17) is 5.73 Å². The second-order valence-electron chi connectivity index (χ2n) is 5.67. The summed E-state index contributed by atoms with van der Waals surface area (Å²) in [5, 5.41) is 9.69. The van der Waals surface area contributed by atoms with E-state index in [0.29, 0.717) is 6.04 Å². The highest BCUT2D eigenvalue weighted by atomic mass is 16.3. The van der Waals surface area contributed by atoms with Crippen molar-refractivity contribution in [3.05, 3.63) is 35.9 Å². The van der Waals surface area contributed by atoms with Crippen LogP contribution >= 0.6 is 0 Å². The summed E-state index contributed by atoms with van der Waals surface area (Å²) >= 11 is 0. The molecule has 1 heterocycles. The number of aliphatic hydroxyl groups excluding tert-OH is 1. The molecule has 3 heteroatoms. The number of aliphatic hydroxyl groups is 1. The minimum atomic E-state index is -0.609. The molecule has 3 nitrogen and oxygen atoms in total. The van der Waals surface area contributed by atoms with Crippen molar-refractivity contribution in [1.82, 2.24) is 4.90 Å². The van der Waals surface area contributed by atoms with E-state index in [-0.39, 0.29) is 6.61 Å². The molecule has 0 aliphatic carbocycles. The molecule has 3 N–H and O–H groups in total. The second kappa shape index (κ2) is 6.51. The molecule has 2 unspecified atom stereocenters. The molecule has 0 amide bonds. The predicted molar refractivity (Wildman–Crippen MR) is 78.9 cm³/mol. The smallest absolute Gasteiger partial charge is 0.0656 e. The summed E-state index contributed by atoms with van der Waals surface area (Å²) < 4.78 is 0. The van der Waals surface area contributed by atoms with Crippen LogP contribution in [0.15, 0.2) is 30.3 Å². The number of nitrogens with zero attached hydrogens (tertiary/aromatic N) is 1. The quantitative estimate of drug-likeness (QED) is 0.825. The zero-order chi connectivity index (χ0) is 13.7. The third kappa shape index (κ3) is 3.35. The molecular formula is C16H26N2O. The Labute approximate surface area is 116 Å². The lowest BCUT2D eigenvalue weighted by Gasteiger charge is -2.32. The maximum absolute atomic E-state index is 9.69. The van der Waals surface area contributed by atoms with Crippen LogP contribution in [0, 0.1) is 0 Å². The van der Waals surface area contributed by atoms with E-state index in [1.807, 2.05) is 30.3 Å². The van der Waals surface area contributed by atoms with Crippen LogP contribution in [0.5, 0.6) is 0 Å². The molecule has 0 saturated carbocycles. The molecule has 1 aromatic carbocycles. The Hall–Kier alpha value is -0.900. The first-order valence-corrected chi connectivity index (χ1v) is 7.39. The van der Waals surface area contributed by atoms with Gasteiger partial charge in [-0.1, -0.05) is 37.3 Å². The number of likely N-dealkylation sites (tertiary alicyclic amines) is 1. The van der Waals surface area contributed by atoms with Crippen molar-refractivity contribution in [3.8, 4) is 0 Å². The molecule has 1 saturated heterocycles. The first-order chi connectivity index (χ1) is 9.19. The average molecular weight is 262 g/mol. The van der Waals surface area contributed by atoms with Gasteiger partial charge in [0.25, 0.3) is 0 Å². The summed E-state index contributed by atoms with van der Waals surface area (Å²) in [6, 6.07) is 10.7. The first-order valence-electron chi connectivity index (χ1n) is 7.39. The fraction of sp³-hybridized carbons (Fsp3) is 0.625. The second-order valence-corrected chi connectivity index (χ2v) is 5.67. The topological polar surface area (TPSA) is 49.5 Å². The van der Waals surface area contributed by atoms with Gasteiger partial charge in [-0.15, -0.1) is 0 Å². The Balaban J connectivity index is 1.99. The largest absolute Gasteiger partial charge is 0.394 e. The van der Waals surface area contributed by atoms with Crippen molar-refractivity contribution >= 4 is 0 Å². The van der Waals surface area contributed by atoms with E-state index >= 15 is 0 Å². The summed E-state index contributed by atoms with van der Waals surface area (Å²) in [6.45, 7) is 4.41. The standard InChI is InChI=1S/C16H26N2O/c1-2-15-9-6-11-18(15)12-10-16(17,13-19)14-7-4-3-5-8-14/h3-5,7-8,15,19H,2,6,9-13,17H2,1H3. The van der Waals surface area contributed by atoms with Gasteiger partial charge in [-0.05, 0) is 37.8 Å². The number of nitrogens with two attached hydrogens (primary N) is 1.